The summed E-state index contributed by atoms with van der Waals surface area (Å²) in [5.74, 6) is 0. The lowest BCUT2D eigenvalue weighted by molar-refractivity contribution is 0.0513. The number of rotatable bonds is 2. The Bertz CT molecular complexity index is 333. The van der Waals surface area contributed by atoms with Crippen LogP contribution in [-0.4, -0.2) is 24.7 Å². The molecule has 0 aromatic rings. The molecule has 1 amide bonds. The molecule has 17 heavy (non-hydrogen) atoms. The first-order chi connectivity index (χ1) is 7.59. The molecule has 1 N–H and O–H groups in total. The van der Waals surface area contributed by atoms with E-state index >= 15 is 0 Å². The van der Waals surface area contributed by atoms with Crippen LogP contribution < -0.4 is 5.32 Å². The first-order valence-electron chi connectivity index (χ1n) is 5.49. The predicted octanol–water partition coefficient (Wildman–Crippen LogP) is 2.99. The zero-order chi connectivity index (χ0) is 13.3. The second-order valence-electron chi connectivity index (χ2n) is 5.06. The lowest BCUT2D eigenvalue weighted by atomic mass is 9.76. The maximum Gasteiger partial charge on any atom is 0.507 e. The number of allylic oxidation sites excluding steroid dienone is 1. The molecular weight excluding hydrogens is 234 g/mol. The number of alkyl carbamates (subject to hydrolysis) is 1. The average Bonchev–Trinajstić information content (AvgIpc) is 2.46. The van der Waals surface area contributed by atoms with Gasteiger partial charge in [0.1, 0.15) is 5.60 Å². The Kier molecular flexibility index (Phi) is 3.79. The Labute approximate surface area is 98.5 Å². The number of carbonyl (C=O) groups is 1. The van der Waals surface area contributed by atoms with Crippen LogP contribution in [0, 0.1) is 0 Å². The van der Waals surface area contributed by atoms with Crippen LogP contribution in [-0.2, 0) is 4.74 Å². The lowest BCUT2D eigenvalue weighted by Crippen LogP contribution is -2.42. The molecule has 1 unspecified atom stereocenters. The van der Waals surface area contributed by atoms with Gasteiger partial charge >= 0.3 is 13.1 Å². The molecule has 0 radical (unpaired) electrons. The number of halogens is 3. The molecule has 0 saturated carbocycles. The number of ether oxygens (including phenoxy) is 1. The van der Waals surface area contributed by atoms with Gasteiger partial charge in [0.25, 0.3) is 0 Å². The normalized spacial score (nSPS) is 21.1. The third-order valence-corrected chi connectivity index (χ3v) is 2.31. The van der Waals surface area contributed by atoms with Gasteiger partial charge in [0.05, 0.1) is 0 Å². The standard InChI is InChI=1S/C10H16BF3NO2/c1-10(2,3)17-9(16)15-8-6-4-5-7(8)11(12,13)14/h5,8H,4,6H2,1-3H3,(H,15,16)/q-1. The van der Waals surface area contributed by atoms with E-state index in [-0.39, 0.29) is 6.42 Å². The molecule has 0 aliphatic heterocycles. The summed E-state index contributed by atoms with van der Waals surface area (Å²) >= 11 is 0. The van der Waals surface area contributed by atoms with Crippen molar-refractivity contribution in [2.45, 2.75) is 45.3 Å². The lowest BCUT2D eigenvalue weighted by Gasteiger charge is -2.26. The molecule has 1 aliphatic rings. The predicted molar refractivity (Wildman–Crippen MR) is 59.6 cm³/mol. The van der Waals surface area contributed by atoms with Crippen molar-refractivity contribution in [1.29, 1.82) is 0 Å². The molecule has 98 valence electrons. The molecule has 1 aliphatic carbocycles. The highest BCUT2D eigenvalue weighted by Gasteiger charge is 2.36. The summed E-state index contributed by atoms with van der Waals surface area (Å²) in [5.41, 5.74) is -1.34. The number of hydrogen-bond donors (Lipinski definition) is 1. The third-order valence-electron chi connectivity index (χ3n) is 2.31. The second-order valence-corrected chi connectivity index (χ2v) is 5.06. The van der Waals surface area contributed by atoms with Crippen molar-refractivity contribution in [3.63, 3.8) is 0 Å². The van der Waals surface area contributed by atoms with Gasteiger partial charge in [-0.3, -0.25) is 0 Å². The first-order valence-corrected chi connectivity index (χ1v) is 5.49. The summed E-state index contributed by atoms with van der Waals surface area (Å²) in [6.07, 6.45) is 0.935. The van der Waals surface area contributed by atoms with E-state index in [9.17, 15) is 17.7 Å². The Balaban J connectivity index is 2.59. The summed E-state index contributed by atoms with van der Waals surface area (Å²) in [5, 5.41) is 2.26. The van der Waals surface area contributed by atoms with E-state index in [1.54, 1.807) is 20.8 Å². The van der Waals surface area contributed by atoms with Crippen LogP contribution in [0.2, 0.25) is 0 Å². The van der Waals surface area contributed by atoms with Crippen LogP contribution in [0.5, 0.6) is 0 Å². The highest BCUT2D eigenvalue weighted by atomic mass is 19.4. The van der Waals surface area contributed by atoms with Gasteiger partial charge in [0.2, 0.25) is 0 Å². The van der Waals surface area contributed by atoms with E-state index in [0.717, 1.165) is 6.08 Å². The number of amides is 1. The maximum absolute atomic E-state index is 12.6. The molecule has 0 fully saturated rings. The molecule has 3 nitrogen and oxygen atoms in total. The van der Waals surface area contributed by atoms with Gasteiger partial charge in [-0.2, -0.15) is 0 Å². The van der Waals surface area contributed by atoms with Crippen molar-refractivity contribution in [3.05, 3.63) is 11.5 Å². The Hall–Kier alpha value is -1.14. The fourth-order valence-electron chi connectivity index (χ4n) is 1.69. The van der Waals surface area contributed by atoms with Gasteiger partial charge in [-0.1, -0.05) is 0 Å². The smallest absolute Gasteiger partial charge is 0.445 e. The van der Waals surface area contributed by atoms with Crippen LogP contribution in [0.1, 0.15) is 33.6 Å². The van der Waals surface area contributed by atoms with Crippen LogP contribution in [0.3, 0.4) is 0 Å². The molecule has 1 atom stereocenters. The van der Waals surface area contributed by atoms with Crippen molar-refractivity contribution in [2.24, 2.45) is 0 Å². The topological polar surface area (TPSA) is 38.3 Å². The van der Waals surface area contributed by atoms with Crippen molar-refractivity contribution in [2.75, 3.05) is 0 Å². The van der Waals surface area contributed by atoms with E-state index in [0.29, 0.717) is 6.42 Å². The summed E-state index contributed by atoms with van der Waals surface area (Å²) in [6.45, 7) is -0.0606. The molecule has 0 saturated heterocycles. The van der Waals surface area contributed by atoms with Gasteiger partial charge in [-0.05, 0) is 33.6 Å². The average molecular weight is 250 g/mol. The fraction of sp³-hybridized carbons (Fsp3) is 0.700. The SMILES string of the molecule is CC(C)(C)OC(=O)NC1CCC=C1[B-](F)(F)F. The van der Waals surface area contributed by atoms with Crippen LogP contribution in [0.25, 0.3) is 0 Å². The number of nitrogens with one attached hydrogen (secondary N) is 1. The summed E-state index contributed by atoms with van der Waals surface area (Å²) in [4.78, 5) is 11.4. The van der Waals surface area contributed by atoms with E-state index in [4.69, 9.17) is 4.74 Å². The minimum Gasteiger partial charge on any atom is -0.445 e. The quantitative estimate of drug-likeness (QED) is 0.765. The van der Waals surface area contributed by atoms with Crippen molar-refractivity contribution in [1.82, 2.24) is 5.32 Å². The molecular formula is C10H16BF3NO2-. The summed E-state index contributed by atoms with van der Waals surface area (Å²) in [6, 6.07) is -0.968. The fourth-order valence-corrected chi connectivity index (χ4v) is 1.69. The first kappa shape index (κ1) is 13.9. The van der Waals surface area contributed by atoms with Crippen LogP contribution in [0.15, 0.2) is 11.5 Å². The molecule has 0 heterocycles. The Morgan fingerprint density at radius 2 is 2.06 bits per heavy atom. The minimum absolute atomic E-state index is 0.274. The summed E-state index contributed by atoms with van der Waals surface area (Å²) < 4.78 is 42.7. The molecule has 7 heteroatoms. The second kappa shape index (κ2) is 4.62. The van der Waals surface area contributed by atoms with E-state index in [1.165, 1.54) is 0 Å². The van der Waals surface area contributed by atoms with Gasteiger partial charge in [-0.25, -0.2) is 4.79 Å². The maximum atomic E-state index is 12.6. The molecule has 0 spiro atoms. The Morgan fingerprint density at radius 3 is 2.53 bits per heavy atom. The molecule has 1 rings (SSSR count). The minimum atomic E-state index is -5.04. The largest absolute Gasteiger partial charge is 0.507 e. The van der Waals surface area contributed by atoms with Gasteiger partial charge in [0.15, 0.2) is 0 Å². The molecule has 0 aromatic heterocycles. The Morgan fingerprint density at radius 1 is 1.47 bits per heavy atom. The van der Waals surface area contributed by atoms with Crippen molar-refractivity contribution >= 4 is 13.1 Å². The zero-order valence-electron chi connectivity index (χ0n) is 10.1. The molecule has 0 aromatic carbocycles. The van der Waals surface area contributed by atoms with Crippen LogP contribution in [0.4, 0.5) is 17.7 Å². The van der Waals surface area contributed by atoms with Crippen molar-refractivity contribution < 1.29 is 22.5 Å². The van der Waals surface area contributed by atoms with Gasteiger partial charge in [-0.15, -0.1) is 11.5 Å². The summed E-state index contributed by atoms with van der Waals surface area (Å²) in [7, 11) is 0. The highest BCUT2D eigenvalue weighted by Crippen LogP contribution is 2.30. The zero-order valence-corrected chi connectivity index (χ0v) is 10.1. The highest BCUT2D eigenvalue weighted by molar-refractivity contribution is 6.67. The van der Waals surface area contributed by atoms with Gasteiger partial charge < -0.3 is 23.0 Å². The number of hydrogen-bond acceptors (Lipinski definition) is 2. The van der Waals surface area contributed by atoms with Gasteiger partial charge in [0, 0.05) is 6.04 Å². The van der Waals surface area contributed by atoms with E-state index < -0.39 is 30.2 Å². The third kappa shape index (κ3) is 4.32. The molecule has 0 bridgehead atoms. The van der Waals surface area contributed by atoms with Crippen molar-refractivity contribution in [3.8, 4) is 0 Å². The number of carbonyl (C=O) groups excluding carboxylic acids is 1. The van der Waals surface area contributed by atoms with Crippen LogP contribution >= 0.6 is 0 Å². The van der Waals surface area contributed by atoms with E-state index in [1.807, 2.05) is 0 Å². The van der Waals surface area contributed by atoms with E-state index in [2.05, 4.69) is 5.32 Å². The monoisotopic (exact) mass is 250 g/mol.